The molecule has 0 spiro atoms. The fourth-order valence-electron chi connectivity index (χ4n) is 3.34. The number of carbonyl (C=O) groups is 1. The Morgan fingerprint density at radius 3 is 2.82 bits per heavy atom. The van der Waals surface area contributed by atoms with Crippen LogP contribution in [-0.4, -0.2) is 29.9 Å². The maximum atomic E-state index is 12.2. The maximum absolute atomic E-state index is 12.2. The monoisotopic (exact) mass is 322 g/mol. The molecule has 0 radical (unpaired) electrons. The van der Waals surface area contributed by atoms with Gasteiger partial charge in [0.25, 0.3) is 0 Å². The molecule has 0 aromatic heterocycles. The summed E-state index contributed by atoms with van der Waals surface area (Å²) in [5, 5.41) is 3.60. The first kappa shape index (κ1) is 17.3. The van der Waals surface area contributed by atoms with Crippen LogP contribution in [0.5, 0.6) is 0 Å². The predicted octanol–water partition coefficient (Wildman–Crippen LogP) is 4.55. The Kier molecular flexibility index (Phi) is 6.27. The molecule has 1 heterocycles. The number of benzene rings is 1. The number of carbonyl (C=O) groups excluding carboxylic acids is 1. The lowest BCUT2D eigenvalue weighted by molar-refractivity contribution is -0.116. The number of anilines is 1. The van der Waals surface area contributed by atoms with Gasteiger partial charge in [-0.05, 0) is 56.8 Å². The van der Waals surface area contributed by atoms with Gasteiger partial charge >= 0.3 is 0 Å². The number of piperidine rings is 1. The second kappa shape index (κ2) is 7.98. The first-order valence-corrected chi connectivity index (χ1v) is 8.69. The lowest BCUT2D eigenvalue weighted by Crippen LogP contribution is -2.40. The molecule has 1 aliphatic heterocycles. The van der Waals surface area contributed by atoms with E-state index in [0.29, 0.717) is 17.5 Å². The van der Waals surface area contributed by atoms with Crippen molar-refractivity contribution in [3.8, 4) is 0 Å². The molecule has 1 unspecified atom stereocenters. The van der Waals surface area contributed by atoms with Gasteiger partial charge in [-0.2, -0.15) is 0 Å². The summed E-state index contributed by atoms with van der Waals surface area (Å²) in [4.78, 5) is 14.7. The highest BCUT2D eigenvalue weighted by atomic mass is 35.5. The average Bonchev–Trinajstić information content (AvgIpc) is 2.49. The number of hydrogen-bond donors (Lipinski definition) is 1. The Morgan fingerprint density at radius 1 is 1.36 bits per heavy atom. The van der Waals surface area contributed by atoms with E-state index in [9.17, 15) is 4.79 Å². The first-order chi connectivity index (χ1) is 10.5. The molecule has 1 fully saturated rings. The summed E-state index contributed by atoms with van der Waals surface area (Å²) in [6.45, 7) is 8.18. The van der Waals surface area contributed by atoms with E-state index in [1.165, 1.54) is 25.7 Å². The van der Waals surface area contributed by atoms with Gasteiger partial charge in [0, 0.05) is 19.0 Å². The van der Waals surface area contributed by atoms with Crippen LogP contribution in [0.4, 0.5) is 5.69 Å². The van der Waals surface area contributed by atoms with E-state index in [2.05, 4.69) is 17.1 Å². The van der Waals surface area contributed by atoms with Crippen molar-refractivity contribution in [1.82, 2.24) is 4.90 Å². The third kappa shape index (κ3) is 4.47. The predicted molar refractivity (Wildman–Crippen MR) is 93.7 cm³/mol. The van der Waals surface area contributed by atoms with E-state index in [0.717, 1.165) is 29.9 Å². The Labute approximate surface area is 139 Å². The van der Waals surface area contributed by atoms with Crippen LogP contribution in [0.15, 0.2) is 12.1 Å². The highest BCUT2D eigenvalue weighted by Gasteiger charge is 2.21. The van der Waals surface area contributed by atoms with E-state index in [4.69, 9.17) is 11.6 Å². The molecule has 0 aliphatic carbocycles. The summed E-state index contributed by atoms with van der Waals surface area (Å²) in [6, 6.07) is 4.58. The van der Waals surface area contributed by atoms with Crippen LogP contribution in [0.3, 0.4) is 0 Å². The standard InChI is InChI=1S/C18H27ClN2O/c1-4-15-7-5-6-9-21(15)10-8-17(22)20-18-14(3)11-13(2)12-16(18)19/h11-12,15H,4-10H2,1-3H3,(H,20,22). The van der Waals surface area contributed by atoms with Crippen LogP contribution in [-0.2, 0) is 4.79 Å². The van der Waals surface area contributed by atoms with Crippen LogP contribution in [0.25, 0.3) is 0 Å². The van der Waals surface area contributed by atoms with Gasteiger partial charge in [0.1, 0.15) is 0 Å². The van der Waals surface area contributed by atoms with Gasteiger partial charge in [-0.1, -0.05) is 31.0 Å². The van der Waals surface area contributed by atoms with Gasteiger partial charge in [-0.15, -0.1) is 0 Å². The molecule has 2 rings (SSSR count). The Hall–Kier alpha value is -1.06. The van der Waals surface area contributed by atoms with Crippen LogP contribution in [0, 0.1) is 13.8 Å². The van der Waals surface area contributed by atoms with E-state index in [1.807, 2.05) is 26.0 Å². The molecule has 1 aliphatic rings. The zero-order chi connectivity index (χ0) is 16.1. The molecule has 0 saturated carbocycles. The molecule has 3 nitrogen and oxygen atoms in total. The number of aryl methyl sites for hydroxylation is 2. The van der Waals surface area contributed by atoms with Gasteiger partial charge in [0.15, 0.2) is 0 Å². The molecule has 1 amide bonds. The number of amides is 1. The molecule has 1 saturated heterocycles. The number of nitrogens with zero attached hydrogens (tertiary/aromatic N) is 1. The Balaban J connectivity index is 1.90. The van der Waals surface area contributed by atoms with Crippen molar-refractivity contribution in [2.45, 2.75) is 58.9 Å². The van der Waals surface area contributed by atoms with Gasteiger partial charge in [-0.3, -0.25) is 9.69 Å². The summed E-state index contributed by atoms with van der Waals surface area (Å²) in [5.74, 6) is 0.0503. The normalized spacial score (nSPS) is 19.2. The third-order valence-corrected chi connectivity index (χ3v) is 4.84. The molecular formula is C18H27ClN2O. The fraction of sp³-hybridized carbons (Fsp3) is 0.611. The highest BCUT2D eigenvalue weighted by molar-refractivity contribution is 6.34. The van der Waals surface area contributed by atoms with Crippen molar-refractivity contribution >= 4 is 23.2 Å². The molecule has 0 bridgehead atoms. The second-order valence-electron chi connectivity index (χ2n) is 6.33. The lowest BCUT2D eigenvalue weighted by atomic mass is 10.00. The van der Waals surface area contributed by atoms with Crippen molar-refractivity contribution < 1.29 is 4.79 Å². The van der Waals surface area contributed by atoms with E-state index >= 15 is 0 Å². The fourth-order valence-corrected chi connectivity index (χ4v) is 3.71. The molecular weight excluding hydrogens is 296 g/mol. The van der Waals surface area contributed by atoms with Crippen molar-refractivity contribution in [2.75, 3.05) is 18.4 Å². The minimum Gasteiger partial charge on any atom is -0.325 e. The first-order valence-electron chi connectivity index (χ1n) is 8.32. The molecule has 122 valence electrons. The third-order valence-electron chi connectivity index (χ3n) is 4.54. The van der Waals surface area contributed by atoms with Crippen LogP contribution < -0.4 is 5.32 Å². The molecule has 1 N–H and O–H groups in total. The van der Waals surface area contributed by atoms with Crippen LogP contribution in [0.2, 0.25) is 5.02 Å². The Bertz CT molecular complexity index is 507. The van der Waals surface area contributed by atoms with Crippen molar-refractivity contribution in [2.24, 2.45) is 0 Å². The van der Waals surface area contributed by atoms with Gasteiger partial charge in [0.2, 0.25) is 5.91 Å². The summed E-state index contributed by atoms with van der Waals surface area (Å²) in [7, 11) is 0. The molecule has 22 heavy (non-hydrogen) atoms. The number of rotatable bonds is 5. The molecule has 1 atom stereocenters. The largest absolute Gasteiger partial charge is 0.325 e. The number of nitrogens with one attached hydrogen (secondary N) is 1. The minimum absolute atomic E-state index is 0.0503. The average molecular weight is 323 g/mol. The zero-order valence-electron chi connectivity index (χ0n) is 13.9. The summed E-state index contributed by atoms with van der Waals surface area (Å²) < 4.78 is 0. The van der Waals surface area contributed by atoms with E-state index in [-0.39, 0.29) is 5.91 Å². The Morgan fingerprint density at radius 2 is 2.14 bits per heavy atom. The molecule has 1 aromatic rings. The lowest BCUT2D eigenvalue weighted by Gasteiger charge is -2.35. The number of halogens is 1. The highest BCUT2D eigenvalue weighted by Crippen LogP contribution is 2.27. The second-order valence-corrected chi connectivity index (χ2v) is 6.74. The smallest absolute Gasteiger partial charge is 0.225 e. The van der Waals surface area contributed by atoms with Crippen molar-refractivity contribution in [1.29, 1.82) is 0 Å². The number of hydrogen-bond acceptors (Lipinski definition) is 2. The van der Waals surface area contributed by atoms with Crippen molar-refractivity contribution in [3.05, 3.63) is 28.3 Å². The van der Waals surface area contributed by atoms with Crippen molar-refractivity contribution in [3.63, 3.8) is 0 Å². The minimum atomic E-state index is 0.0503. The SMILES string of the molecule is CCC1CCCCN1CCC(=O)Nc1c(C)cc(C)cc1Cl. The topological polar surface area (TPSA) is 32.3 Å². The van der Waals surface area contributed by atoms with Gasteiger partial charge < -0.3 is 5.32 Å². The summed E-state index contributed by atoms with van der Waals surface area (Å²) >= 11 is 6.25. The zero-order valence-corrected chi connectivity index (χ0v) is 14.7. The van der Waals surface area contributed by atoms with Crippen LogP contribution in [0.1, 0.15) is 50.2 Å². The summed E-state index contributed by atoms with van der Waals surface area (Å²) in [6.07, 6.45) is 5.53. The van der Waals surface area contributed by atoms with Gasteiger partial charge in [-0.25, -0.2) is 0 Å². The quantitative estimate of drug-likeness (QED) is 0.862. The van der Waals surface area contributed by atoms with E-state index in [1.54, 1.807) is 0 Å². The van der Waals surface area contributed by atoms with Crippen LogP contribution >= 0.6 is 11.6 Å². The van der Waals surface area contributed by atoms with E-state index < -0.39 is 0 Å². The molecule has 1 aromatic carbocycles. The van der Waals surface area contributed by atoms with Gasteiger partial charge in [0.05, 0.1) is 10.7 Å². The summed E-state index contributed by atoms with van der Waals surface area (Å²) in [5.41, 5.74) is 2.88. The number of likely N-dealkylation sites (tertiary alicyclic amines) is 1. The maximum Gasteiger partial charge on any atom is 0.225 e. The molecule has 4 heteroatoms.